The minimum Gasteiger partial charge on any atom is -0.476 e. The Bertz CT molecular complexity index is 464. The number of nitrogens with zero attached hydrogens (tertiary/aromatic N) is 2. The molecular formula is C13H22N4O3S. The van der Waals surface area contributed by atoms with E-state index in [0.29, 0.717) is 11.6 Å². The number of thiazole rings is 1. The molecule has 0 spiro atoms. The van der Waals surface area contributed by atoms with E-state index in [0.717, 1.165) is 26.1 Å². The van der Waals surface area contributed by atoms with Crippen LogP contribution in [0.1, 0.15) is 35.8 Å². The quantitative estimate of drug-likeness (QED) is 0.640. The average molecular weight is 314 g/mol. The summed E-state index contributed by atoms with van der Waals surface area (Å²) in [5.41, 5.74) is 0.00959. The lowest BCUT2D eigenvalue weighted by Crippen LogP contribution is -2.40. The van der Waals surface area contributed by atoms with Crippen LogP contribution in [0.5, 0.6) is 0 Å². The molecule has 0 unspecified atom stereocenters. The molecular weight excluding hydrogens is 292 g/mol. The third-order valence-electron chi connectivity index (χ3n) is 2.87. The molecule has 0 aromatic carbocycles. The zero-order chi connectivity index (χ0) is 15.7. The Labute approximate surface area is 128 Å². The van der Waals surface area contributed by atoms with Gasteiger partial charge in [0.25, 0.3) is 0 Å². The minimum atomic E-state index is -1.06. The summed E-state index contributed by atoms with van der Waals surface area (Å²) >= 11 is 1.22. The van der Waals surface area contributed by atoms with E-state index in [-0.39, 0.29) is 18.3 Å². The molecule has 3 N–H and O–H groups in total. The maximum absolute atomic E-state index is 11.6. The van der Waals surface area contributed by atoms with E-state index in [9.17, 15) is 9.59 Å². The van der Waals surface area contributed by atoms with E-state index in [1.54, 1.807) is 0 Å². The molecule has 1 aromatic heterocycles. The highest BCUT2D eigenvalue weighted by Gasteiger charge is 2.09. The second-order valence-corrected chi connectivity index (χ2v) is 5.42. The van der Waals surface area contributed by atoms with E-state index >= 15 is 0 Å². The number of hydrogen-bond donors (Lipinski definition) is 3. The van der Waals surface area contributed by atoms with E-state index in [1.165, 1.54) is 16.7 Å². The molecule has 0 atom stereocenters. The Morgan fingerprint density at radius 2 is 2.10 bits per heavy atom. The number of amides is 2. The lowest BCUT2D eigenvalue weighted by atomic mass is 10.4. The van der Waals surface area contributed by atoms with Gasteiger partial charge >= 0.3 is 12.0 Å². The lowest BCUT2D eigenvalue weighted by Gasteiger charge is -2.19. The number of carboxylic acids is 1. The van der Waals surface area contributed by atoms with Crippen molar-refractivity contribution in [2.24, 2.45) is 0 Å². The number of rotatable bonds is 9. The number of carboxylic acid groups (broad SMARTS) is 1. The molecule has 0 saturated carbocycles. The summed E-state index contributed by atoms with van der Waals surface area (Å²) < 4.78 is 0. The van der Waals surface area contributed by atoms with Gasteiger partial charge in [-0.1, -0.05) is 13.8 Å². The fourth-order valence-electron chi connectivity index (χ4n) is 1.78. The molecule has 0 aliphatic carbocycles. The Hall–Kier alpha value is -1.67. The summed E-state index contributed by atoms with van der Waals surface area (Å²) in [5.74, 6) is -1.06. The van der Waals surface area contributed by atoms with Crippen LogP contribution in [0.15, 0.2) is 5.38 Å². The van der Waals surface area contributed by atoms with Crippen molar-refractivity contribution >= 4 is 23.3 Å². The van der Waals surface area contributed by atoms with Gasteiger partial charge in [0.05, 0.1) is 6.54 Å². The normalized spacial score (nSPS) is 10.6. The highest BCUT2D eigenvalue weighted by molar-refractivity contribution is 7.09. The van der Waals surface area contributed by atoms with Gasteiger partial charge in [-0.15, -0.1) is 11.3 Å². The molecule has 1 aromatic rings. The number of carbonyl (C=O) groups excluding carboxylic acids is 1. The molecule has 21 heavy (non-hydrogen) atoms. The van der Waals surface area contributed by atoms with Crippen LogP contribution in [-0.2, 0) is 6.54 Å². The van der Waals surface area contributed by atoms with Crippen molar-refractivity contribution in [3.05, 3.63) is 16.1 Å². The topological polar surface area (TPSA) is 94.6 Å². The zero-order valence-corrected chi connectivity index (χ0v) is 13.2. The second-order valence-electron chi connectivity index (χ2n) is 4.48. The number of carbonyl (C=O) groups is 2. The van der Waals surface area contributed by atoms with Gasteiger partial charge in [-0.2, -0.15) is 0 Å². The van der Waals surface area contributed by atoms with Gasteiger partial charge in [-0.3, -0.25) is 0 Å². The molecule has 118 valence electrons. The third kappa shape index (κ3) is 6.54. The van der Waals surface area contributed by atoms with Crippen LogP contribution in [0, 0.1) is 0 Å². The summed E-state index contributed by atoms with van der Waals surface area (Å²) in [6, 6.07) is -0.269. The molecule has 0 radical (unpaired) electrons. The SMILES string of the molecule is CCCN(CC)CCNC(=O)NCc1nc(C(=O)O)cs1. The summed E-state index contributed by atoms with van der Waals surface area (Å²) in [6.45, 7) is 7.85. The predicted octanol–water partition coefficient (Wildman–Crippen LogP) is 1.37. The molecule has 0 aliphatic heterocycles. The van der Waals surface area contributed by atoms with Crippen molar-refractivity contribution in [3.8, 4) is 0 Å². The van der Waals surface area contributed by atoms with Crippen LogP contribution in [0.2, 0.25) is 0 Å². The van der Waals surface area contributed by atoms with Gasteiger partial charge in [0.15, 0.2) is 5.69 Å². The number of hydrogen-bond acceptors (Lipinski definition) is 5. The number of urea groups is 1. The van der Waals surface area contributed by atoms with Crippen molar-refractivity contribution in [1.82, 2.24) is 20.5 Å². The highest BCUT2D eigenvalue weighted by Crippen LogP contribution is 2.09. The molecule has 1 heterocycles. The van der Waals surface area contributed by atoms with Crippen LogP contribution < -0.4 is 10.6 Å². The van der Waals surface area contributed by atoms with Crippen molar-refractivity contribution in [2.75, 3.05) is 26.2 Å². The van der Waals surface area contributed by atoms with Crippen molar-refractivity contribution in [1.29, 1.82) is 0 Å². The van der Waals surface area contributed by atoms with Gasteiger partial charge in [0, 0.05) is 18.5 Å². The number of aromatic nitrogens is 1. The molecule has 1 rings (SSSR count). The highest BCUT2D eigenvalue weighted by atomic mass is 32.1. The first kappa shape index (κ1) is 17.4. The second kappa shape index (κ2) is 9.30. The monoisotopic (exact) mass is 314 g/mol. The third-order valence-corrected chi connectivity index (χ3v) is 3.72. The number of nitrogens with one attached hydrogen (secondary N) is 2. The summed E-state index contributed by atoms with van der Waals surface area (Å²) in [6.07, 6.45) is 1.09. The maximum atomic E-state index is 11.6. The smallest absolute Gasteiger partial charge is 0.355 e. The molecule has 0 saturated heterocycles. The largest absolute Gasteiger partial charge is 0.476 e. The number of likely N-dealkylation sites (N-methyl/N-ethyl adjacent to an activating group) is 1. The Morgan fingerprint density at radius 3 is 2.67 bits per heavy atom. The van der Waals surface area contributed by atoms with Gasteiger partial charge in [-0.25, -0.2) is 14.6 Å². The van der Waals surface area contributed by atoms with Crippen molar-refractivity contribution in [3.63, 3.8) is 0 Å². The fourth-order valence-corrected chi connectivity index (χ4v) is 2.49. The van der Waals surface area contributed by atoms with Crippen LogP contribution in [0.4, 0.5) is 4.79 Å². The van der Waals surface area contributed by atoms with E-state index in [4.69, 9.17) is 5.11 Å². The molecule has 0 aliphatic rings. The van der Waals surface area contributed by atoms with Crippen LogP contribution >= 0.6 is 11.3 Å². The molecule has 0 fully saturated rings. The van der Waals surface area contributed by atoms with Gasteiger partial charge in [0.2, 0.25) is 0 Å². The number of aromatic carboxylic acids is 1. The van der Waals surface area contributed by atoms with Gasteiger partial charge in [0.1, 0.15) is 5.01 Å². The molecule has 7 nitrogen and oxygen atoms in total. The maximum Gasteiger partial charge on any atom is 0.355 e. The van der Waals surface area contributed by atoms with E-state index in [2.05, 4.69) is 34.4 Å². The first-order chi connectivity index (χ1) is 10.1. The first-order valence-electron chi connectivity index (χ1n) is 6.98. The predicted molar refractivity (Wildman–Crippen MR) is 81.7 cm³/mol. The Balaban J connectivity index is 2.22. The van der Waals surface area contributed by atoms with Crippen molar-refractivity contribution < 1.29 is 14.7 Å². The average Bonchev–Trinajstić information content (AvgIpc) is 2.93. The molecule has 8 heteroatoms. The molecule has 2 amide bonds. The lowest BCUT2D eigenvalue weighted by molar-refractivity contribution is 0.0691. The molecule has 0 bridgehead atoms. The van der Waals surface area contributed by atoms with Crippen LogP contribution in [0.3, 0.4) is 0 Å². The standard InChI is InChI=1S/C13H22N4O3S/c1-3-6-17(4-2)7-5-14-13(20)15-8-11-16-10(9-21-11)12(18)19/h9H,3-8H2,1-2H3,(H,18,19)(H2,14,15,20). The summed E-state index contributed by atoms with van der Waals surface area (Å²) in [4.78, 5) is 28.4. The summed E-state index contributed by atoms with van der Waals surface area (Å²) in [7, 11) is 0. The van der Waals surface area contributed by atoms with E-state index in [1.807, 2.05) is 0 Å². The van der Waals surface area contributed by atoms with E-state index < -0.39 is 5.97 Å². The first-order valence-corrected chi connectivity index (χ1v) is 7.86. The Morgan fingerprint density at radius 1 is 1.33 bits per heavy atom. The zero-order valence-electron chi connectivity index (χ0n) is 12.4. The van der Waals surface area contributed by atoms with Crippen LogP contribution in [0.25, 0.3) is 0 Å². The van der Waals surface area contributed by atoms with Crippen LogP contribution in [-0.4, -0.2) is 53.2 Å². The Kier molecular flexibility index (Phi) is 7.70. The summed E-state index contributed by atoms with van der Waals surface area (Å²) in [5, 5.41) is 16.2. The fraction of sp³-hybridized carbons (Fsp3) is 0.615. The van der Waals surface area contributed by atoms with Gasteiger partial charge in [-0.05, 0) is 19.5 Å². The minimum absolute atomic E-state index is 0.00959. The van der Waals surface area contributed by atoms with Gasteiger partial charge < -0.3 is 20.6 Å². The van der Waals surface area contributed by atoms with Crippen molar-refractivity contribution in [2.45, 2.75) is 26.8 Å².